The highest BCUT2D eigenvalue weighted by atomic mass is 32.1. The summed E-state index contributed by atoms with van der Waals surface area (Å²) in [4.78, 5) is 25.1. The third kappa shape index (κ3) is 3.54. The van der Waals surface area contributed by atoms with Crippen molar-refractivity contribution in [3.63, 3.8) is 0 Å². The first-order chi connectivity index (χ1) is 15.0. The number of amides is 2. The van der Waals surface area contributed by atoms with Gasteiger partial charge in [-0.15, -0.1) is 11.3 Å². The van der Waals surface area contributed by atoms with Gasteiger partial charge in [-0.2, -0.15) is 5.10 Å². The summed E-state index contributed by atoms with van der Waals surface area (Å²) in [5.74, 6) is 0.102. The molecule has 0 bridgehead atoms. The minimum absolute atomic E-state index is 0.148. The van der Waals surface area contributed by atoms with E-state index in [1.807, 2.05) is 23.6 Å². The molecule has 0 spiro atoms. The fraction of sp³-hybridized carbons (Fsp3) is 0.318. The van der Waals surface area contributed by atoms with Gasteiger partial charge in [-0.3, -0.25) is 14.8 Å². The molecule has 31 heavy (non-hydrogen) atoms. The summed E-state index contributed by atoms with van der Waals surface area (Å²) in [5.41, 5.74) is 6.62. The largest absolute Gasteiger partial charge is 0.506 e. The van der Waals surface area contributed by atoms with Gasteiger partial charge in [0.15, 0.2) is 0 Å². The summed E-state index contributed by atoms with van der Waals surface area (Å²) in [7, 11) is 0. The van der Waals surface area contributed by atoms with Crippen LogP contribution in [0, 0.1) is 0 Å². The Balaban J connectivity index is 1.44. The van der Waals surface area contributed by atoms with E-state index >= 15 is 0 Å². The zero-order chi connectivity index (χ0) is 21.5. The predicted octanol–water partition coefficient (Wildman–Crippen LogP) is 3.46. The Labute approximate surface area is 182 Å². The Morgan fingerprint density at radius 1 is 1.35 bits per heavy atom. The molecule has 1 aromatic carbocycles. The van der Waals surface area contributed by atoms with E-state index in [1.54, 1.807) is 10.3 Å². The van der Waals surface area contributed by atoms with Crippen LogP contribution >= 0.6 is 11.3 Å². The molecule has 1 atom stereocenters. The first-order valence-electron chi connectivity index (χ1n) is 10.2. The number of anilines is 1. The van der Waals surface area contributed by atoms with Crippen LogP contribution in [0.1, 0.15) is 24.5 Å². The van der Waals surface area contributed by atoms with Gasteiger partial charge in [-0.25, -0.2) is 4.79 Å². The summed E-state index contributed by atoms with van der Waals surface area (Å²) in [6.07, 6.45) is 1.90. The van der Waals surface area contributed by atoms with E-state index in [4.69, 9.17) is 4.74 Å². The summed E-state index contributed by atoms with van der Waals surface area (Å²) >= 11 is 1.45. The molecule has 1 aliphatic heterocycles. The molecular weight excluding hydrogens is 416 g/mol. The Kier molecular flexibility index (Phi) is 4.90. The number of rotatable bonds is 4. The van der Waals surface area contributed by atoms with Crippen molar-refractivity contribution < 1.29 is 19.4 Å². The van der Waals surface area contributed by atoms with E-state index in [-0.39, 0.29) is 17.8 Å². The normalized spacial score (nSPS) is 17.6. The Hall–Kier alpha value is -3.33. The second-order valence-corrected chi connectivity index (χ2v) is 8.59. The second-order valence-electron chi connectivity index (χ2n) is 7.84. The van der Waals surface area contributed by atoms with Crippen molar-refractivity contribution in [1.82, 2.24) is 15.5 Å². The standard InChI is InChI=1S/C22H22N4O4S/c1-12(27)23-8-15-9-26(22(29)30-15)14-5-6-16-13(7-14)3-2-4-17-20(16)24-25-21(17)18-10-31-11-19(18)28/h5-7,10-11,15,28H,2-4,8-9H2,1H3,(H,23,27)(H,24,25). The topological polar surface area (TPSA) is 108 Å². The number of carbonyl (C=O) groups is 2. The van der Waals surface area contributed by atoms with Crippen molar-refractivity contribution in [1.29, 1.82) is 0 Å². The monoisotopic (exact) mass is 438 g/mol. The molecule has 8 nitrogen and oxygen atoms in total. The predicted molar refractivity (Wildman–Crippen MR) is 117 cm³/mol. The van der Waals surface area contributed by atoms with E-state index in [2.05, 4.69) is 15.5 Å². The lowest BCUT2D eigenvalue weighted by atomic mass is 10.00. The van der Waals surface area contributed by atoms with Crippen molar-refractivity contribution in [2.75, 3.05) is 18.0 Å². The van der Waals surface area contributed by atoms with Gasteiger partial charge in [0.2, 0.25) is 5.91 Å². The second kappa shape index (κ2) is 7.73. The Morgan fingerprint density at radius 3 is 3.00 bits per heavy atom. The first-order valence-corrected chi connectivity index (χ1v) is 11.1. The molecule has 0 radical (unpaired) electrons. The van der Waals surface area contributed by atoms with Crippen LogP contribution in [0.5, 0.6) is 5.75 Å². The number of ether oxygens (including phenoxy) is 1. The number of carbonyl (C=O) groups excluding carboxylic acids is 2. The van der Waals surface area contributed by atoms with E-state index in [0.29, 0.717) is 13.1 Å². The number of hydrogen-bond donors (Lipinski definition) is 3. The molecule has 1 aliphatic carbocycles. The van der Waals surface area contributed by atoms with Crippen LogP contribution in [0.3, 0.4) is 0 Å². The number of aromatic amines is 1. The lowest BCUT2D eigenvalue weighted by molar-refractivity contribution is -0.119. The van der Waals surface area contributed by atoms with Gasteiger partial charge in [-0.05, 0) is 37.0 Å². The zero-order valence-corrected chi connectivity index (χ0v) is 17.8. The van der Waals surface area contributed by atoms with Gasteiger partial charge in [0.1, 0.15) is 17.5 Å². The average molecular weight is 439 g/mol. The highest BCUT2D eigenvalue weighted by Crippen LogP contribution is 2.41. The molecule has 2 amide bonds. The highest BCUT2D eigenvalue weighted by molar-refractivity contribution is 7.08. The number of nitrogens with zero attached hydrogens (tertiary/aromatic N) is 2. The van der Waals surface area contributed by atoms with Crippen LogP contribution in [0.25, 0.3) is 22.5 Å². The first kappa shape index (κ1) is 19.6. The Morgan fingerprint density at radius 2 is 2.23 bits per heavy atom. The average Bonchev–Trinajstić information content (AvgIpc) is 3.42. The lowest BCUT2D eigenvalue weighted by Crippen LogP contribution is -2.33. The van der Waals surface area contributed by atoms with Gasteiger partial charge in [0.05, 0.1) is 24.3 Å². The number of aryl methyl sites for hydroxylation is 1. The maximum Gasteiger partial charge on any atom is 0.414 e. The summed E-state index contributed by atoms with van der Waals surface area (Å²) in [6.45, 7) is 2.14. The van der Waals surface area contributed by atoms with Gasteiger partial charge >= 0.3 is 6.09 Å². The van der Waals surface area contributed by atoms with Crippen LogP contribution in [0.15, 0.2) is 29.0 Å². The van der Waals surface area contributed by atoms with Crippen LogP contribution in [-0.2, 0) is 22.4 Å². The third-order valence-corrected chi connectivity index (χ3v) is 6.49. The molecule has 9 heteroatoms. The van der Waals surface area contributed by atoms with Crippen molar-refractivity contribution >= 4 is 29.0 Å². The van der Waals surface area contributed by atoms with Gasteiger partial charge < -0.3 is 15.2 Å². The van der Waals surface area contributed by atoms with Crippen LogP contribution in [-0.4, -0.2) is 46.5 Å². The highest BCUT2D eigenvalue weighted by Gasteiger charge is 2.33. The zero-order valence-electron chi connectivity index (χ0n) is 17.0. The number of aromatic nitrogens is 2. The number of benzene rings is 1. The molecular formula is C22H22N4O4S. The summed E-state index contributed by atoms with van der Waals surface area (Å²) in [5, 5.41) is 24.1. The molecule has 3 aromatic rings. The lowest BCUT2D eigenvalue weighted by Gasteiger charge is -2.16. The van der Waals surface area contributed by atoms with Crippen LogP contribution < -0.4 is 10.2 Å². The quantitative estimate of drug-likeness (QED) is 0.578. The fourth-order valence-corrected chi connectivity index (χ4v) is 4.96. The number of aromatic hydroxyl groups is 1. The SMILES string of the molecule is CC(=O)NCC1CN(c2ccc3c(c2)CCCc2c(-c4cscc4O)n[nH]c2-3)C(=O)O1. The number of thiophene rings is 1. The van der Waals surface area contributed by atoms with E-state index in [0.717, 1.165) is 58.6 Å². The van der Waals surface area contributed by atoms with E-state index in [9.17, 15) is 14.7 Å². The third-order valence-electron chi connectivity index (χ3n) is 5.76. The number of hydrogen-bond acceptors (Lipinski definition) is 6. The molecule has 1 fully saturated rings. The summed E-state index contributed by atoms with van der Waals surface area (Å²) in [6, 6.07) is 5.96. The van der Waals surface area contributed by atoms with Gasteiger partial charge in [0, 0.05) is 34.5 Å². The molecule has 1 unspecified atom stereocenters. The van der Waals surface area contributed by atoms with Crippen molar-refractivity contribution in [3.05, 3.63) is 40.1 Å². The van der Waals surface area contributed by atoms with Gasteiger partial charge in [0.25, 0.3) is 0 Å². The smallest absolute Gasteiger partial charge is 0.414 e. The van der Waals surface area contributed by atoms with Crippen LogP contribution in [0.2, 0.25) is 0 Å². The molecule has 160 valence electrons. The van der Waals surface area contributed by atoms with Crippen LogP contribution in [0.4, 0.5) is 10.5 Å². The number of nitrogens with one attached hydrogen (secondary N) is 2. The molecule has 2 aromatic heterocycles. The maximum absolute atomic E-state index is 12.4. The fourth-order valence-electron chi connectivity index (χ4n) is 4.27. The molecule has 1 saturated heterocycles. The van der Waals surface area contributed by atoms with E-state index in [1.165, 1.54) is 18.3 Å². The molecule has 5 rings (SSSR count). The number of fused-ring (bicyclic) bond motifs is 3. The molecule has 3 heterocycles. The molecule has 3 N–H and O–H groups in total. The minimum Gasteiger partial charge on any atom is -0.506 e. The van der Waals surface area contributed by atoms with Crippen molar-refractivity contribution in [2.45, 2.75) is 32.3 Å². The molecule has 2 aliphatic rings. The molecule has 0 saturated carbocycles. The van der Waals surface area contributed by atoms with Crippen molar-refractivity contribution in [2.24, 2.45) is 0 Å². The minimum atomic E-state index is -0.402. The number of cyclic esters (lactones) is 1. The summed E-state index contributed by atoms with van der Waals surface area (Å²) < 4.78 is 5.39. The Bertz CT molecular complexity index is 1170. The number of H-pyrrole nitrogens is 1. The maximum atomic E-state index is 12.4. The van der Waals surface area contributed by atoms with E-state index < -0.39 is 6.09 Å². The van der Waals surface area contributed by atoms with Crippen molar-refractivity contribution in [3.8, 4) is 28.3 Å². The van der Waals surface area contributed by atoms with Gasteiger partial charge in [-0.1, -0.05) is 6.07 Å².